The zero-order chi connectivity index (χ0) is 14.8. The van der Waals surface area contributed by atoms with Crippen molar-refractivity contribution in [2.24, 2.45) is 0 Å². The molecule has 1 aliphatic heterocycles. The summed E-state index contributed by atoms with van der Waals surface area (Å²) in [5, 5.41) is 6.16. The van der Waals surface area contributed by atoms with Gasteiger partial charge in [0.25, 0.3) is 5.91 Å². The van der Waals surface area contributed by atoms with E-state index >= 15 is 0 Å². The fourth-order valence-electron chi connectivity index (χ4n) is 2.21. The molecule has 5 heteroatoms. The van der Waals surface area contributed by atoms with Gasteiger partial charge in [-0.3, -0.25) is 4.79 Å². The zero-order valence-corrected chi connectivity index (χ0v) is 13.2. The molecular formula is C16H15BrN2O2. The molecule has 2 N–H and O–H groups in total. The molecule has 0 aliphatic carbocycles. The van der Waals surface area contributed by atoms with Crippen LogP contribution in [0.15, 0.2) is 40.9 Å². The van der Waals surface area contributed by atoms with Crippen molar-refractivity contribution in [3.63, 3.8) is 0 Å². The minimum Gasteiger partial charge on any atom is -0.482 e. The molecule has 21 heavy (non-hydrogen) atoms. The molecule has 0 saturated carbocycles. The Morgan fingerprint density at radius 1 is 1.29 bits per heavy atom. The van der Waals surface area contributed by atoms with Gasteiger partial charge in [-0.25, -0.2) is 0 Å². The molecule has 0 spiro atoms. The zero-order valence-electron chi connectivity index (χ0n) is 11.6. The van der Waals surface area contributed by atoms with Gasteiger partial charge < -0.3 is 15.4 Å². The van der Waals surface area contributed by atoms with Gasteiger partial charge in [-0.15, -0.1) is 0 Å². The van der Waals surface area contributed by atoms with Crippen molar-refractivity contribution in [1.29, 1.82) is 0 Å². The van der Waals surface area contributed by atoms with E-state index in [2.05, 4.69) is 45.6 Å². The van der Waals surface area contributed by atoms with Gasteiger partial charge in [0.1, 0.15) is 5.75 Å². The van der Waals surface area contributed by atoms with E-state index in [-0.39, 0.29) is 12.5 Å². The number of amides is 1. The lowest BCUT2D eigenvalue weighted by Crippen LogP contribution is -2.25. The molecule has 1 aliphatic rings. The third kappa shape index (κ3) is 3.19. The summed E-state index contributed by atoms with van der Waals surface area (Å²) < 4.78 is 6.45. The monoisotopic (exact) mass is 346 g/mol. The van der Waals surface area contributed by atoms with Crippen molar-refractivity contribution in [3.05, 3.63) is 52.0 Å². The van der Waals surface area contributed by atoms with E-state index in [1.54, 1.807) is 0 Å². The lowest BCUT2D eigenvalue weighted by molar-refractivity contribution is -0.118. The molecule has 0 aromatic heterocycles. The van der Waals surface area contributed by atoms with Crippen molar-refractivity contribution in [2.75, 3.05) is 17.2 Å². The van der Waals surface area contributed by atoms with Crippen LogP contribution in [-0.2, 0) is 11.3 Å². The first-order valence-electron chi connectivity index (χ1n) is 6.67. The van der Waals surface area contributed by atoms with Gasteiger partial charge in [0.05, 0.1) is 5.69 Å². The number of benzene rings is 2. The lowest BCUT2D eigenvalue weighted by Gasteiger charge is -2.19. The molecule has 4 nitrogen and oxygen atoms in total. The maximum absolute atomic E-state index is 11.3. The Morgan fingerprint density at radius 3 is 2.95 bits per heavy atom. The third-order valence-electron chi connectivity index (χ3n) is 3.33. The maximum Gasteiger partial charge on any atom is 0.262 e. The number of halogens is 1. The molecule has 2 aromatic rings. The highest BCUT2D eigenvalue weighted by molar-refractivity contribution is 9.10. The van der Waals surface area contributed by atoms with Gasteiger partial charge in [-0.05, 0) is 42.3 Å². The molecule has 0 saturated heterocycles. The second-order valence-corrected chi connectivity index (χ2v) is 5.84. The smallest absolute Gasteiger partial charge is 0.262 e. The van der Waals surface area contributed by atoms with Crippen LogP contribution in [0.2, 0.25) is 0 Å². The Balaban J connectivity index is 1.72. The van der Waals surface area contributed by atoms with Gasteiger partial charge in [0.2, 0.25) is 0 Å². The highest BCUT2D eigenvalue weighted by Gasteiger charge is 2.15. The van der Waals surface area contributed by atoms with Crippen LogP contribution in [0, 0.1) is 6.92 Å². The van der Waals surface area contributed by atoms with E-state index < -0.39 is 0 Å². The first-order valence-corrected chi connectivity index (χ1v) is 7.47. The van der Waals surface area contributed by atoms with Crippen LogP contribution in [0.5, 0.6) is 5.75 Å². The molecule has 0 fully saturated rings. The summed E-state index contributed by atoms with van der Waals surface area (Å²) in [6, 6.07) is 12.0. The standard InChI is InChI=1S/C16H15BrN2O2/c1-10-6-11(2-4-13(10)17)8-18-12-3-5-15-14(7-12)19-16(20)9-21-15/h2-7,18H,8-9H2,1H3,(H,19,20). The SMILES string of the molecule is Cc1cc(CNc2ccc3c(c2)NC(=O)CO3)ccc1Br. The normalized spacial score (nSPS) is 13.1. The predicted molar refractivity (Wildman–Crippen MR) is 86.8 cm³/mol. The third-order valence-corrected chi connectivity index (χ3v) is 4.22. The fourth-order valence-corrected chi connectivity index (χ4v) is 2.46. The predicted octanol–water partition coefficient (Wildman–Crippen LogP) is 3.70. The molecule has 2 aromatic carbocycles. The lowest BCUT2D eigenvalue weighted by atomic mass is 10.1. The summed E-state index contributed by atoms with van der Waals surface area (Å²) in [4.78, 5) is 11.3. The molecule has 1 heterocycles. The Kier molecular flexibility index (Phi) is 3.84. The topological polar surface area (TPSA) is 50.4 Å². The summed E-state index contributed by atoms with van der Waals surface area (Å²) >= 11 is 3.50. The van der Waals surface area contributed by atoms with Crippen molar-refractivity contribution < 1.29 is 9.53 Å². The van der Waals surface area contributed by atoms with E-state index in [9.17, 15) is 4.79 Å². The van der Waals surface area contributed by atoms with E-state index in [1.807, 2.05) is 24.3 Å². The van der Waals surface area contributed by atoms with Gasteiger partial charge in [-0.1, -0.05) is 28.1 Å². The summed E-state index contributed by atoms with van der Waals surface area (Å²) in [5.74, 6) is 0.586. The van der Waals surface area contributed by atoms with Crippen LogP contribution in [0.3, 0.4) is 0 Å². The number of nitrogens with one attached hydrogen (secondary N) is 2. The minimum atomic E-state index is -0.122. The number of fused-ring (bicyclic) bond motifs is 1. The van der Waals surface area contributed by atoms with Crippen LogP contribution >= 0.6 is 15.9 Å². The Bertz CT molecular complexity index is 701. The van der Waals surface area contributed by atoms with E-state index in [1.165, 1.54) is 11.1 Å². The average Bonchev–Trinajstić information content (AvgIpc) is 2.48. The molecule has 0 atom stereocenters. The van der Waals surface area contributed by atoms with E-state index in [4.69, 9.17) is 4.74 Å². The summed E-state index contributed by atoms with van der Waals surface area (Å²) in [5.41, 5.74) is 4.07. The van der Waals surface area contributed by atoms with Gasteiger partial charge in [0, 0.05) is 16.7 Å². The highest BCUT2D eigenvalue weighted by atomic mass is 79.9. The summed E-state index contributed by atoms with van der Waals surface area (Å²) in [6.45, 7) is 2.87. The molecular weight excluding hydrogens is 332 g/mol. The van der Waals surface area contributed by atoms with E-state index in [0.717, 1.165) is 16.7 Å². The molecule has 0 unspecified atom stereocenters. The Hall–Kier alpha value is -2.01. The number of carbonyl (C=O) groups is 1. The number of aryl methyl sites for hydroxylation is 1. The molecule has 0 bridgehead atoms. The van der Waals surface area contributed by atoms with Crippen LogP contribution in [0.4, 0.5) is 11.4 Å². The van der Waals surface area contributed by atoms with Gasteiger partial charge >= 0.3 is 0 Å². The second kappa shape index (κ2) is 5.77. The van der Waals surface area contributed by atoms with Crippen LogP contribution in [0.25, 0.3) is 0 Å². The van der Waals surface area contributed by atoms with Crippen molar-refractivity contribution >= 4 is 33.2 Å². The van der Waals surface area contributed by atoms with Crippen molar-refractivity contribution in [1.82, 2.24) is 0 Å². The summed E-state index contributed by atoms with van der Waals surface area (Å²) in [6.07, 6.45) is 0. The van der Waals surface area contributed by atoms with Crippen LogP contribution in [-0.4, -0.2) is 12.5 Å². The van der Waals surface area contributed by atoms with Gasteiger partial charge in [-0.2, -0.15) is 0 Å². The first kappa shape index (κ1) is 13.9. The molecule has 3 rings (SSSR count). The largest absolute Gasteiger partial charge is 0.482 e. The van der Waals surface area contributed by atoms with Crippen LogP contribution < -0.4 is 15.4 Å². The quantitative estimate of drug-likeness (QED) is 0.890. The fraction of sp³-hybridized carbons (Fsp3) is 0.188. The number of rotatable bonds is 3. The minimum absolute atomic E-state index is 0.0813. The number of carbonyl (C=O) groups excluding carboxylic acids is 1. The Labute approximate surface area is 131 Å². The average molecular weight is 347 g/mol. The molecule has 1 amide bonds. The number of hydrogen-bond acceptors (Lipinski definition) is 3. The highest BCUT2D eigenvalue weighted by Crippen LogP contribution is 2.30. The number of anilines is 2. The van der Waals surface area contributed by atoms with Gasteiger partial charge in [0.15, 0.2) is 6.61 Å². The van der Waals surface area contributed by atoms with Crippen molar-refractivity contribution in [3.8, 4) is 5.75 Å². The first-order chi connectivity index (χ1) is 10.1. The van der Waals surface area contributed by atoms with Crippen molar-refractivity contribution in [2.45, 2.75) is 13.5 Å². The van der Waals surface area contributed by atoms with Crippen LogP contribution in [0.1, 0.15) is 11.1 Å². The second-order valence-electron chi connectivity index (χ2n) is 4.98. The number of hydrogen-bond donors (Lipinski definition) is 2. The summed E-state index contributed by atoms with van der Waals surface area (Å²) in [7, 11) is 0. The van der Waals surface area contributed by atoms with E-state index in [0.29, 0.717) is 11.4 Å². The number of ether oxygens (including phenoxy) is 1. The molecule has 108 valence electrons. The molecule has 0 radical (unpaired) electrons. The Morgan fingerprint density at radius 2 is 2.14 bits per heavy atom. The maximum atomic E-state index is 11.3.